The highest BCUT2D eigenvalue weighted by molar-refractivity contribution is 5.98. The largest absolute Gasteiger partial charge is 0.497 e. The van der Waals surface area contributed by atoms with E-state index in [1.165, 1.54) is 0 Å². The maximum atomic E-state index is 12.2. The van der Waals surface area contributed by atoms with Crippen molar-refractivity contribution in [2.24, 2.45) is 5.92 Å². The Morgan fingerprint density at radius 2 is 2.10 bits per heavy atom. The number of aryl methyl sites for hydroxylation is 1. The molecule has 0 atom stereocenters. The molecule has 1 aromatic carbocycles. The van der Waals surface area contributed by atoms with Gasteiger partial charge in [0.05, 0.1) is 23.9 Å². The fourth-order valence-corrected chi connectivity index (χ4v) is 1.99. The maximum absolute atomic E-state index is 12.2. The topological polar surface area (TPSA) is 51.2 Å². The van der Waals surface area contributed by atoms with Gasteiger partial charge in [-0.25, -0.2) is 0 Å². The Morgan fingerprint density at radius 3 is 2.75 bits per heavy atom. The van der Waals surface area contributed by atoms with Gasteiger partial charge in [0.2, 0.25) is 0 Å². The van der Waals surface area contributed by atoms with Crippen molar-refractivity contribution in [2.45, 2.75) is 20.8 Å². The van der Waals surface area contributed by atoms with E-state index in [1.54, 1.807) is 7.11 Å². The molecular weight excluding hydrogens is 252 g/mol. The lowest BCUT2D eigenvalue weighted by Crippen LogP contribution is -2.28. The average Bonchev–Trinajstić information content (AvgIpc) is 2.43. The van der Waals surface area contributed by atoms with Gasteiger partial charge < -0.3 is 10.1 Å². The Morgan fingerprint density at radius 1 is 1.35 bits per heavy atom. The van der Waals surface area contributed by atoms with Crippen molar-refractivity contribution < 1.29 is 9.53 Å². The quantitative estimate of drug-likeness (QED) is 0.931. The van der Waals surface area contributed by atoms with E-state index >= 15 is 0 Å². The number of amides is 1. The van der Waals surface area contributed by atoms with E-state index in [-0.39, 0.29) is 5.91 Å². The van der Waals surface area contributed by atoms with Crippen molar-refractivity contribution in [2.75, 3.05) is 13.7 Å². The molecular formula is C16H20N2O2. The first-order valence-electron chi connectivity index (χ1n) is 6.75. The first kappa shape index (κ1) is 14.3. The molecule has 2 aromatic rings. The van der Waals surface area contributed by atoms with Gasteiger partial charge in [0, 0.05) is 18.0 Å². The standard InChI is InChI=1S/C16H20N2O2/c1-10(2)9-17-16(19)14-7-12-5-6-13(20-4)8-15(12)18-11(14)3/h5-8,10H,9H2,1-4H3,(H,17,19). The molecule has 106 valence electrons. The third-order valence-electron chi connectivity index (χ3n) is 3.13. The van der Waals surface area contributed by atoms with Gasteiger partial charge >= 0.3 is 0 Å². The van der Waals surface area contributed by atoms with E-state index in [0.717, 1.165) is 22.3 Å². The molecule has 0 bridgehead atoms. The third kappa shape index (κ3) is 3.07. The van der Waals surface area contributed by atoms with Gasteiger partial charge in [-0.2, -0.15) is 0 Å². The lowest BCUT2D eigenvalue weighted by atomic mass is 10.1. The Hall–Kier alpha value is -2.10. The molecule has 0 aliphatic carbocycles. The molecule has 4 heteroatoms. The SMILES string of the molecule is COc1ccc2cc(C(=O)NCC(C)C)c(C)nc2c1. The molecule has 0 saturated heterocycles. The lowest BCUT2D eigenvalue weighted by molar-refractivity contribution is 0.0948. The van der Waals surface area contributed by atoms with Crippen LogP contribution in [-0.2, 0) is 0 Å². The number of hydrogen-bond acceptors (Lipinski definition) is 3. The van der Waals surface area contributed by atoms with Crippen molar-refractivity contribution in [3.8, 4) is 5.75 Å². The van der Waals surface area contributed by atoms with E-state index in [1.807, 2.05) is 31.2 Å². The number of hydrogen-bond donors (Lipinski definition) is 1. The van der Waals surface area contributed by atoms with Crippen LogP contribution in [0, 0.1) is 12.8 Å². The molecule has 2 rings (SSSR count). The van der Waals surface area contributed by atoms with Gasteiger partial charge in [-0.1, -0.05) is 13.8 Å². The molecule has 1 N–H and O–H groups in total. The lowest BCUT2D eigenvalue weighted by Gasteiger charge is -2.10. The molecule has 0 aliphatic rings. The zero-order chi connectivity index (χ0) is 14.7. The number of fused-ring (bicyclic) bond motifs is 1. The monoisotopic (exact) mass is 272 g/mol. The van der Waals surface area contributed by atoms with Crippen LogP contribution in [0.4, 0.5) is 0 Å². The summed E-state index contributed by atoms with van der Waals surface area (Å²) in [6.45, 7) is 6.65. The summed E-state index contributed by atoms with van der Waals surface area (Å²) in [5.74, 6) is 1.12. The number of aromatic nitrogens is 1. The van der Waals surface area contributed by atoms with Gasteiger partial charge in [-0.05, 0) is 31.0 Å². The smallest absolute Gasteiger partial charge is 0.253 e. The predicted octanol–water partition coefficient (Wildman–Crippen LogP) is 2.94. The number of methoxy groups -OCH3 is 1. The van der Waals surface area contributed by atoms with Crippen LogP contribution in [-0.4, -0.2) is 24.5 Å². The molecule has 0 saturated carbocycles. The Balaban J connectivity index is 2.35. The van der Waals surface area contributed by atoms with Crippen LogP contribution in [0.1, 0.15) is 29.9 Å². The van der Waals surface area contributed by atoms with Crippen molar-refractivity contribution in [1.82, 2.24) is 10.3 Å². The minimum Gasteiger partial charge on any atom is -0.497 e. The minimum atomic E-state index is -0.0681. The number of ether oxygens (including phenoxy) is 1. The van der Waals surface area contributed by atoms with Crippen LogP contribution < -0.4 is 10.1 Å². The molecule has 0 spiro atoms. The Kier molecular flexibility index (Phi) is 4.23. The van der Waals surface area contributed by atoms with Gasteiger partial charge in [-0.3, -0.25) is 9.78 Å². The van der Waals surface area contributed by atoms with Crippen LogP contribution in [0.15, 0.2) is 24.3 Å². The van der Waals surface area contributed by atoms with Crippen LogP contribution in [0.25, 0.3) is 10.9 Å². The normalized spacial score (nSPS) is 10.8. The maximum Gasteiger partial charge on any atom is 0.253 e. The first-order chi connectivity index (χ1) is 9.51. The number of benzene rings is 1. The molecule has 1 heterocycles. The zero-order valence-electron chi connectivity index (χ0n) is 12.4. The molecule has 1 aromatic heterocycles. The summed E-state index contributed by atoms with van der Waals surface area (Å²) < 4.78 is 5.19. The summed E-state index contributed by atoms with van der Waals surface area (Å²) >= 11 is 0. The summed E-state index contributed by atoms with van der Waals surface area (Å²) in [6.07, 6.45) is 0. The fraction of sp³-hybridized carbons (Fsp3) is 0.375. The van der Waals surface area contributed by atoms with Crippen molar-refractivity contribution >= 4 is 16.8 Å². The highest BCUT2D eigenvalue weighted by Gasteiger charge is 2.12. The summed E-state index contributed by atoms with van der Waals surface area (Å²) in [7, 11) is 1.63. The van der Waals surface area contributed by atoms with Crippen LogP contribution >= 0.6 is 0 Å². The molecule has 20 heavy (non-hydrogen) atoms. The average molecular weight is 272 g/mol. The van der Waals surface area contributed by atoms with Crippen molar-refractivity contribution in [1.29, 1.82) is 0 Å². The number of nitrogens with zero attached hydrogens (tertiary/aromatic N) is 1. The van der Waals surface area contributed by atoms with E-state index in [2.05, 4.69) is 24.1 Å². The summed E-state index contributed by atoms with van der Waals surface area (Å²) in [5, 5.41) is 3.86. The second-order valence-corrected chi connectivity index (χ2v) is 5.28. The van der Waals surface area contributed by atoms with Gasteiger partial charge in [-0.15, -0.1) is 0 Å². The second-order valence-electron chi connectivity index (χ2n) is 5.28. The second kappa shape index (κ2) is 5.90. The first-order valence-corrected chi connectivity index (χ1v) is 6.75. The number of pyridine rings is 1. The van der Waals surface area contributed by atoms with E-state index in [9.17, 15) is 4.79 Å². The predicted molar refractivity (Wildman–Crippen MR) is 80.2 cm³/mol. The molecule has 0 unspecified atom stereocenters. The van der Waals surface area contributed by atoms with E-state index in [4.69, 9.17) is 4.74 Å². The van der Waals surface area contributed by atoms with Gasteiger partial charge in [0.25, 0.3) is 5.91 Å². The number of carbonyl (C=O) groups excluding carboxylic acids is 1. The Bertz CT molecular complexity index is 636. The molecule has 4 nitrogen and oxygen atoms in total. The highest BCUT2D eigenvalue weighted by Crippen LogP contribution is 2.21. The minimum absolute atomic E-state index is 0.0681. The number of rotatable bonds is 4. The molecule has 0 aliphatic heterocycles. The molecule has 0 fully saturated rings. The molecule has 1 amide bonds. The molecule has 0 radical (unpaired) electrons. The van der Waals surface area contributed by atoms with E-state index < -0.39 is 0 Å². The van der Waals surface area contributed by atoms with Crippen molar-refractivity contribution in [3.63, 3.8) is 0 Å². The van der Waals surface area contributed by atoms with Gasteiger partial charge in [0.15, 0.2) is 0 Å². The summed E-state index contributed by atoms with van der Waals surface area (Å²) in [5.41, 5.74) is 2.19. The van der Waals surface area contributed by atoms with Crippen LogP contribution in [0.3, 0.4) is 0 Å². The highest BCUT2D eigenvalue weighted by atomic mass is 16.5. The summed E-state index contributed by atoms with van der Waals surface area (Å²) in [6, 6.07) is 7.54. The van der Waals surface area contributed by atoms with Crippen LogP contribution in [0.5, 0.6) is 5.75 Å². The third-order valence-corrected chi connectivity index (χ3v) is 3.13. The number of nitrogens with one attached hydrogen (secondary N) is 1. The van der Waals surface area contributed by atoms with Gasteiger partial charge in [0.1, 0.15) is 5.75 Å². The summed E-state index contributed by atoms with van der Waals surface area (Å²) in [4.78, 5) is 16.7. The Labute approximate surface area is 119 Å². The number of carbonyl (C=O) groups is 1. The van der Waals surface area contributed by atoms with E-state index in [0.29, 0.717) is 18.0 Å². The van der Waals surface area contributed by atoms with Crippen molar-refractivity contribution in [3.05, 3.63) is 35.5 Å². The fourth-order valence-electron chi connectivity index (χ4n) is 1.99. The van der Waals surface area contributed by atoms with Crippen LogP contribution in [0.2, 0.25) is 0 Å². The zero-order valence-corrected chi connectivity index (χ0v) is 12.4.